The normalized spacial score (nSPS) is 15.4. The van der Waals surface area contributed by atoms with Crippen molar-refractivity contribution in [3.63, 3.8) is 0 Å². The van der Waals surface area contributed by atoms with Gasteiger partial charge in [-0.05, 0) is 19.3 Å². The van der Waals surface area contributed by atoms with Gasteiger partial charge < -0.3 is 10.6 Å². The maximum atomic E-state index is 11.9. The Bertz CT molecular complexity index is 398. The minimum atomic E-state index is -0.112. The second kappa shape index (κ2) is 7.07. The molecule has 5 nitrogen and oxygen atoms in total. The van der Waals surface area contributed by atoms with Crippen LogP contribution in [-0.2, 0) is 0 Å². The summed E-state index contributed by atoms with van der Waals surface area (Å²) in [7, 11) is 0. The van der Waals surface area contributed by atoms with Crippen LogP contribution in [-0.4, -0.2) is 28.5 Å². The average molecular weight is 262 g/mol. The van der Waals surface area contributed by atoms with Crippen LogP contribution in [0.1, 0.15) is 55.9 Å². The van der Waals surface area contributed by atoms with Crippen molar-refractivity contribution in [3.05, 3.63) is 18.1 Å². The number of hydrogen-bond acceptors (Lipinski definition) is 4. The predicted octanol–water partition coefficient (Wildman–Crippen LogP) is 2.36. The number of nitrogens with one attached hydrogen (secondary N) is 2. The van der Waals surface area contributed by atoms with E-state index in [1.807, 2.05) is 0 Å². The molecule has 2 N–H and O–H groups in total. The van der Waals surface area contributed by atoms with Crippen LogP contribution in [0.5, 0.6) is 0 Å². The Morgan fingerprint density at radius 2 is 2.11 bits per heavy atom. The molecule has 1 aromatic rings. The van der Waals surface area contributed by atoms with Crippen LogP contribution in [0.15, 0.2) is 12.4 Å². The van der Waals surface area contributed by atoms with Crippen LogP contribution in [0.3, 0.4) is 0 Å². The smallest absolute Gasteiger partial charge is 0.271 e. The van der Waals surface area contributed by atoms with E-state index in [0.717, 1.165) is 38.0 Å². The summed E-state index contributed by atoms with van der Waals surface area (Å²) in [6, 6.07) is 0.316. The van der Waals surface area contributed by atoms with Crippen LogP contribution in [0.4, 0.5) is 5.82 Å². The van der Waals surface area contributed by atoms with E-state index in [0.29, 0.717) is 11.7 Å². The van der Waals surface area contributed by atoms with Gasteiger partial charge >= 0.3 is 0 Å². The number of carbonyl (C=O) groups is 1. The summed E-state index contributed by atoms with van der Waals surface area (Å²) in [6.45, 7) is 3.03. The van der Waals surface area contributed by atoms with Gasteiger partial charge in [0, 0.05) is 12.6 Å². The molecule has 1 aromatic heterocycles. The lowest BCUT2D eigenvalue weighted by Crippen LogP contribution is -2.33. The lowest BCUT2D eigenvalue weighted by Gasteiger charge is -2.11. The van der Waals surface area contributed by atoms with E-state index in [1.54, 1.807) is 12.4 Å². The fourth-order valence-corrected chi connectivity index (χ4v) is 2.26. The van der Waals surface area contributed by atoms with Gasteiger partial charge in [-0.3, -0.25) is 4.79 Å². The molecule has 0 aromatic carbocycles. The highest BCUT2D eigenvalue weighted by atomic mass is 16.1. The first-order chi connectivity index (χ1) is 9.29. The summed E-state index contributed by atoms with van der Waals surface area (Å²) in [6.07, 6.45) is 9.98. The van der Waals surface area contributed by atoms with Crippen molar-refractivity contribution < 1.29 is 4.79 Å². The quantitative estimate of drug-likeness (QED) is 0.772. The van der Waals surface area contributed by atoms with E-state index in [1.165, 1.54) is 12.8 Å². The van der Waals surface area contributed by atoms with Gasteiger partial charge in [-0.15, -0.1) is 0 Å². The minimum absolute atomic E-state index is 0.112. The fourth-order valence-electron chi connectivity index (χ4n) is 2.26. The molecule has 2 rings (SSSR count). The molecule has 1 aliphatic rings. The number of anilines is 1. The van der Waals surface area contributed by atoms with E-state index in [4.69, 9.17) is 0 Å². The van der Waals surface area contributed by atoms with E-state index in [-0.39, 0.29) is 5.91 Å². The van der Waals surface area contributed by atoms with Gasteiger partial charge in [0.2, 0.25) is 0 Å². The number of aromatic nitrogens is 2. The summed E-state index contributed by atoms with van der Waals surface area (Å²) < 4.78 is 0. The Hall–Kier alpha value is -1.65. The summed E-state index contributed by atoms with van der Waals surface area (Å²) >= 11 is 0. The SMILES string of the molecule is CCCCNc1cnc(C(=O)NC2CCCC2)cn1. The number of amides is 1. The molecule has 0 aliphatic heterocycles. The monoisotopic (exact) mass is 262 g/mol. The van der Waals surface area contributed by atoms with Gasteiger partial charge in [-0.25, -0.2) is 9.97 Å². The van der Waals surface area contributed by atoms with E-state index < -0.39 is 0 Å². The zero-order chi connectivity index (χ0) is 13.5. The molecule has 0 bridgehead atoms. The lowest BCUT2D eigenvalue weighted by atomic mass is 10.2. The standard InChI is InChI=1S/C14H22N4O/c1-2-3-8-15-13-10-16-12(9-17-13)14(19)18-11-6-4-5-7-11/h9-11H,2-8H2,1H3,(H,15,17)(H,18,19). The molecule has 104 valence electrons. The summed E-state index contributed by atoms with van der Waals surface area (Å²) in [5, 5.41) is 6.18. The van der Waals surface area contributed by atoms with E-state index in [2.05, 4.69) is 27.5 Å². The van der Waals surface area contributed by atoms with Crippen LogP contribution < -0.4 is 10.6 Å². The lowest BCUT2D eigenvalue weighted by molar-refractivity contribution is 0.0932. The largest absolute Gasteiger partial charge is 0.369 e. The van der Waals surface area contributed by atoms with Gasteiger partial charge in [-0.1, -0.05) is 26.2 Å². The number of rotatable bonds is 6. The van der Waals surface area contributed by atoms with Crippen molar-refractivity contribution in [1.29, 1.82) is 0 Å². The fraction of sp³-hybridized carbons (Fsp3) is 0.643. The van der Waals surface area contributed by atoms with Crippen molar-refractivity contribution >= 4 is 11.7 Å². The van der Waals surface area contributed by atoms with Gasteiger partial charge in [0.1, 0.15) is 11.5 Å². The first-order valence-corrected chi connectivity index (χ1v) is 7.16. The van der Waals surface area contributed by atoms with Crippen LogP contribution in [0.2, 0.25) is 0 Å². The molecule has 1 heterocycles. The van der Waals surface area contributed by atoms with Gasteiger partial charge in [0.15, 0.2) is 0 Å². The first-order valence-electron chi connectivity index (χ1n) is 7.16. The summed E-state index contributed by atoms with van der Waals surface area (Å²) in [4.78, 5) is 20.3. The maximum absolute atomic E-state index is 11.9. The van der Waals surface area contributed by atoms with E-state index in [9.17, 15) is 4.79 Å². The minimum Gasteiger partial charge on any atom is -0.369 e. The highest BCUT2D eigenvalue weighted by Gasteiger charge is 2.18. The molecule has 1 aliphatic carbocycles. The third-order valence-corrected chi connectivity index (χ3v) is 3.41. The second-order valence-corrected chi connectivity index (χ2v) is 5.02. The number of unbranched alkanes of at least 4 members (excludes halogenated alkanes) is 1. The molecule has 1 saturated carbocycles. The van der Waals surface area contributed by atoms with Crippen molar-refractivity contribution in [1.82, 2.24) is 15.3 Å². The Balaban J connectivity index is 1.84. The molecule has 0 unspecified atom stereocenters. The molecule has 0 saturated heterocycles. The maximum Gasteiger partial charge on any atom is 0.271 e. The topological polar surface area (TPSA) is 66.9 Å². The van der Waals surface area contributed by atoms with Gasteiger partial charge in [0.25, 0.3) is 5.91 Å². The molecule has 19 heavy (non-hydrogen) atoms. The molecule has 1 amide bonds. The summed E-state index contributed by atoms with van der Waals surface area (Å²) in [5.41, 5.74) is 0.396. The van der Waals surface area contributed by atoms with E-state index >= 15 is 0 Å². The Labute approximate surface area is 114 Å². The predicted molar refractivity (Wildman–Crippen MR) is 75.2 cm³/mol. The van der Waals surface area contributed by atoms with Crippen LogP contribution >= 0.6 is 0 Å². The highest BCUT2D eigenvalue weighted by Crippen LogP contribution is 2.17. The Morgan fingerprint density at radius 1 is 1.32 bits per heavy atom. The third kappa shape index (κ3) is 4.19. The highest BCUT2D eigenvalue weighted by molar-refractivity contribution is 5.92. The van der Waals surface area contributed by atoms with Gasteiger partial charge in [-0.2, -0.15) is 0 Å². The first kappa shape index (κ1) is 13.8. The Kier molecular flexibility index (Phi) is 5.12. The van der Waals surface area contributed by atoms with Crippen LogP contribution in [0.25, 0.3) is 0 Å². The Morgan fingerprint density at radius 3 is 2.74 bits per heavy atom. The molecule has 1 fully saturated rings. The third-order valence-electron chi connectivity index (χ3n) is 3.41. The van der Waals surface area contributed by atoms with Crippen molar-refractivity contribution in [2.45, 2.75) is 51.5 Å². The van der Waals surface area contributed by atoms with Crippen molar-refractivity contribution in [2.24, 2.45) is 0 Å². The molecule has 0 radical (unpaired) electrons. The number of hydrogen-bond donors (Lipinski definition) is 2. The van der Waals surface area contributed by atoms with Gasteiger partial charge in [0.05, 0.1) is 12.4 Å². The van der Waals surface area contributed by atoms with Crippen LogP contribution in [0, 0.1) is 0 Å². The molecule has 0 atom stereocenters. The molecule has 0 spiro atoms. The zero-order valence-electron chi connectivity index (χ0n) is 11.5. The van der Waals surface area contributed by atoms with Crippen molar-refractivity contribution in [2.75, 3.05) is 11.9 Å². The van der Waals surface area contributed by atoms with Crippen molar-refractivity contribution in [3.8, 4) is 0 Å². The number of nitrogens with zero attached hydrogens (tertiary/aromatic N) is 2. The molecule has 5 heteroatoms. The zero-order valence-corrected chi connectivity index (χ0v) is 11.5. The second-order valence-electron chi connectivity index (χ2n) is 5.02. The number of carbonyl (C=O) groups excluding carboxylic acids is 1. The molecular weight excluding hydrogens is 240 g/mol. The summed E-state index contributed by atoms with van der Waals surface area (Å²) in [5.74, 6) is 0.616. The average Bonchev–Trinajstić information content (AvgIpc) is 2.93. The molecular formula is C14H22N4O.